The van der Waals surface area contributed by atoms with Gasteiger partial charge in [0.15, 0.2) is 5.69 Å². The number of carbonyl (C=O) groups is 1. The van der Waals surface area contributed by atoms with Gasteiger partial charge in [-0.3, -0.25) is 4.79 Å². The Hall–Kier alpha value is -4.14. The number of nitrogens with zero attached hydrogens (tertiary/aromatic N) is 2. The van der Waals surface area contributed by atoms with Gasteiger partial charge in [-0.1, -0.05) is 48.5 Å². The van der Waals surface area contributed by atoms with Crippen molar-refractivity contribution in [2.75, 3.05) is 0 Å². The lowest BCUT2D eigenvalue weighted by molar-refractivity contribution is -0.274. The largest absolute Gasteiger partial charge is 0.573 e. The second-order valence-electron chi connectivity index (χ2n) is 6.71. The maximum Gasteiger partial charge on any atom is 0.573 e. The number of rotatable bonds is 5. The minimum absolute atomic E-state index is 0.0546. The van der Waals surface area contributed by atoms with Crippen molar-refractivity contribution in [1.29, 1.82) is 0 Å². The van der Waals surface area contributed by atoms with Crippen LogP contribution >= 0.6 is 0 Å². The fourth-order valence-electron chi connectivity index (χ4n) is 3.09. The molecule has 162 valence electrons. The van der Waals surface area contributed by atoms with E-state index in [4.69, 9.17) is 4.74 Å². The zero-order valence-corrected chi connectivity index (χ0v) is 16.4. The third kappa shape index (κ3) is 4.61. The number of hydrogen-bond acceptors (Lipinski definition) is 5. The van der Waals surface area contributed by atoms with Gasteiger partial charge in [0.25, 0.3) is 5.56 Å². The summed E-state index contributed by atoms with van der Waals surface area (Å²) in [6, 6.07) is 20.1. The van der Waals surface area contributed by atoms with Crippen molar-refractivity contribution >= 4 is 16.7 Å². The van der Waals surface area contributed by atoms with E-state index >= 15 is 0 Å². The van der Waals surface area contributed by atoms with Crippen LogP contribution in [0, 0.1) is 0 Å². The van der Waals surface area contributed by atoms with Gasteiger partial charge in [-0.2, -0.15) is 9.78 Å². The smallest absolute Gasteiger partial charge is 0.456 e. The first-order valence-corrected chi connectivity index (χ1v) is 9.41. The lowest BCUT2D eigenvalue weighted by Gasteiger charge is -2.11. The third-order valence-electron chi connectivity index (χ3n) is 4.53. The summed E-state index contributed by atoms with van der Waals surface area (Å²) in [6.07, 6.45) is -4.79. The number of aromatic nitrogens is 2. The summed E-state index contributed by atoms with van der Waals surface area (Å²) < 4.78 is 47.1. The fourth-order valence-corrected chi connectivity index (χ4v) is 3.09. The summed E-state index contributed by atoms with van der Waals surface area (Å²) in [5.41, 5.74) is 0.496. The highest BCUT2D eigenvalue weighted by atomic mass is 19.4. The van der Waals surface area contributed by atoms with E-state index in [1.165, 1.54) is 12.1 Å². The minimum atomic E-state index is -4.79. The van der Waals surface area contributed by atoms with Crippen molar-refractivity contribution in [3.63, 3.8) is 0 Å². The van der Waals surface area contributed by atoms with E-state index in [9.17, 15) is 22.8 Å². The maximum atomic E-state index is 12.9. The van der Waals surface area contributed by atoms with E-state index in [2.05, 4.69) is 9.84 Å². The number of fused-ring (bicyclic) bond motifs is 1. The van der Waals surface area contributed by atoms with Crippen molar-refractivity contribution in [2.45, 2.75) is 13.0 Å². The lowest BCUT2D eigenvalue weighted by Crippen LogP contribution is -2.25. The van der Waals surface area contributed by atoms with Crippen LogP contribution < -0.4 is 10.3 Å². The van der Waals surface area contributed by atoms with Gasteiger partial charge in [-0.05, 0) is 35.9 Å². The Morgan fingerprint density at radius 3 is 2.16 bits per heavy atom. The molecule has 1 aromatic heterocycles. The molecule has 0 aliphatic carbocycles. The molecule has 32 heavy (non-hydrogen) atoms. The lowest BCUT2D eigenvalue weighted by atomic mass is 10.1. The molecule has 0 saturated heterocycles. The minimum Gasteiger partial charge on any atom is -0.456 e. The van der Waals surface area contributed by atoms with Gasteiger partial charge in [0, 0.05) is 5.39 Å². The average Bonchev–Trinajstić information content (AvgIpc) is 2.78. The molecule has 0 spiro atoms. The van der Waals surface area contributed by atoms with Crippen molar-refractivity contribution in [2.24, 2.45) is 0 Å². The first kappa shape index (κ1) is 21.1. The number of esters is 1. The first-order valence-electron chi connectivity index (χ1n) is 9.41. The van der Waals surface area contributed by atoms with Crippen LogP contribution in [0.1, 0.15) is 16.1 Å². The summed E-state index contributed by atoms with van der Waals surface area (Å²) in [5.74, 6) is -1.16. The van der Waals surface area contributed by atoms with Crippen molar-refractivity contribution in [3.8, 4) is 11.4 Å². The van der Waals surface area contributed by atoms with E-state index in [0.29, 0.717) is 22.0 Å². The molecule has 0 N–H and O–H groups in total. The molecule has 0 aliphatic rings. The highest BCUT2D eigenvalue weighted by Gasteiger charge is 2.31. The van der Waals surface area contributed by atoms with E-state index in [1.54, 1.807) is 54.6 Å². The molecular weight excluding hydrogens is 425 g/mol. The van der Waals surface area contributed by atoms with E-state index in [1.807, 2.05) is 0 Å². The van der Waals surface area contributed by atoms with Crippen LogP contribution in [0.4, 0.5) is 13.2 Å². The molecule has 4 aromatic rings. The zero-order chi connectivity index (χ0) is 22.7. The molecule has 4 rings (SSSR count). The average molecular weight is 440 g/mol. The van der Waals surface area contributed by atoms with Crippen molar-refractivity contribution in [1.82, 2.24) is 9.78 Å². The quantitative estimate of drug-likeness (QED) is 0.423. The molecule has 0 radical (unpaired) electrons. The van der Waals surface area contributed by atoms with Crippen LogP contribution in [0.5, 0.6) is 5.75 Å². The predicted molar refractivity (Wildman–Crippen MR) is 110 cm³/mol. The Kier molecular flexibility index (Phi) is 5.63. The molecular formula is C23H15F3N2O4. The van der Waals surface area contributed by atoms with E-state index < -0.39 is 12.3 Å². The van der Waals surface area contributed by atoms with Crippen molar-refractivity contribution in [3.05, 3.63) is 100 Å². The third-order valence-corrected chi connectivity index (χ3v) is 4.53. The molecule has 0 unspecified atom stereocenters. The normalized spacial score (nSPS) is 11.3. The summed E-state index contributed by atoms with van der Waals surface area (Å²) in [6.45, 7) is -0.203. The molecule has 0 amide bonds. The summed E-state index contributed by atoms with van der Waals surface area (Å²) >= 11 is 0. The number of ether oxygens (including phenoxy) is 2. The van der Waals surface area contributed by atoms with Gasteiger partial charge in [-0.25, -0.2) is 4.79 Å². The monoisotopic (exact) mass is 440 g/mol. The Balaban J connectivity index is 1.61. The van der Waals surface area contributed by atoms with Crippen LogP contribution in [0.2, 0.25) is 0 Å². The fraction of sp³-hybridized carbons (Fsp3) is 0.0870. The van der Waals surface area contributed by atoms with Crippen LogP contribution in [-0.2, 0) is 11.3 Å². The standard InChI is InChI=1S/C23H15F3N2O4/c24-23(25,26)32-17-12-10-15(11-13-17)14-31-22(30)20-18-8-4-5-9-19(18)21(29)28(27-20)16-6-2-1-3-7-16/h1-13H,14H2. The zero-order valence-electron chi connectivity index (χ0n) is 16.4. The molecule has 1 heterocycles. The molecule has 0 fully saturated rings. The van der Waals surface area contributed by atoms with Gasteiger partial charge in [-0.15, -0.1) is 13.2 Å². The molecule has 3 aromatic carbocycles. The maximum absolute atomic E-state index is 12.9. The summed E-state index contributed by atoms with van der Waals surface area (Å²) in [5, 5.41) is 4.86. The number of hydrogen-bond donors (Lipinski definition) is 0. The van der Waals surface area contributed by atoms with Gasteiger partial charge in [0.05, 0.1) is 11.1 Å². The van der Waals surface area contributed by atoms with Crippen LogP contribution in [-0.4, -0.2) is 22.1 Å². The molecule has 0 bridgehead atoms. The first-order chi connectivity index (χ1) is 15.3. The molecule has 0 saturated carbocycles. The number of benzene rings is 3. The molecule has 6 nitrogen and oxygen atoms in total. The predicted octanol–water partition coefficient (Wildman–Crippen LogP) is 4.64. The van der Waals surface area contributed by atoms with E-state index in [-0.39, 0.29) is 23.6 Å². The Labute approximate surface area is 179 Å². The molecule has 0 atom stereocenters. The SMILES string of the molecule is O=C(OCc1ccc(OC(F)(F)F)cc1)c1nn(-c2ccccc2)c(=O)c2ccccc12. The highest BCUT2D eigenvalue weighted by molar-refractivity contribution is 6.02. The Morgan fingerprint density at radius 1 is 0.875 bits per heavy atom. The Bertz CT molecular complexity index is 1320. The highest BCUT2D eigenvalue weighted by Crippen LogP contribution is 2.23. The van der Waals surface area contributed by atoms with Crippen molar-refractivity contribution < 1.29 is 27.4 Å². The van der Waals surface area contributed by atoms with Crippen LogP contribution in [0.15, 0.2) is 83.7 Å². The van der Waals surface area contributed by atoms with E-state index in [0.717, 1.165) is 16.8 Å². The van der Waals surface area contributed by atoms with Gasteiger partial charge in [0.2, 0.25) is 0 Å². The molecule has 9 heteroatoms. The number of alkyl halides is 3. The van der Waals surface area contributed by atoms with Crippen LogP contribution in [0.25, 0.3) is 16.5 Å². The van der Waals surface area contributed by atoms with Gasteiger partial charge in [0.1, 0.15) is 12.4 Å². The topological polar surface area (TPSA) is 70.4 Å². The number of para-hydroxylation sites is 1. The Morgan fingerprint density at radius 2 is 1.50 bits per heavy atom. The number of halogens is 3. The van der Waals surface area contributed by atoms with Gasteiger partial charge < -0.3 is 9.47 Å². The molecule has 0 aliphatic heterocycles. The summed E-state index contributed by atoms with van der Waals surface area (Å²) in [7, 11) is 0. The van der Waals surface area contributed by atoms with Crippen LogP contribution in [0.3, 0.4) is 0 Å². The second-order valence-corrected chi connectivity index (χ2v) is 6.71. The second kappa shape index (κ2) is 8.54. The van der Waals surface area contributed by atoms with Gasteiger partial charge >= 0.3 is 12.3 Å². The number of carbonyl (C=O) groups excluding carboxylic acids is 1. The summed E-state index contributed by atoms with van der Waals surface area (Å²) in [4.78, 5) is 25.7.